The molecular formula is C18H24FN3O3. The lowest BCUT2D eigenvalue weighted by Crippen LogP contribution is -2.46. The van der Waals surface area contributed by atoms with Gasteiger partial charge in [0.2, 0.25) is 0 Å². The summed E-state index contributed by atoms with van der Waals surface area (Å²) in [7, 11) is 2.06. The van der Waals surface area contributed by atoms with Crippen LogP contribution in [0.4, 0.5) is 15.8 Å². The van der Waals surface area contributed by atoms with E-state index in [1.54, 1.807) is 6.20 Å². The molecule has 0 aliphatic carbocycles. The molecule has 0 saturated carbocycles. The summed E-state index contributed by atoms with van der Waals surface area (Å²) in [5.41, 5.74) is 2.14. The molecule has 6 nitrogen and oxygen atoms in total. The van der Waals surface area contributed by atoms with Gasteiger partial charge < -0.3 is 29.6 Å². The minimum Gasteiger partial charge on any atom is -0.487 e. The molecule has 0 amide bonds. The van der Waals surface area contributed by atoms with Gasteiger partial charge in [0, 0.05) is 43.5 Å². The highest BCUT2D eigenvalue weighted by Gasteiger charge is 2.38. The maximum Gasteiger partial charge on any atom is 0.169 e. The maximum atomic E-state index is 15.0. The lowest BCUT2D eigenvalue weighted by Gasteiger charge is -2.43. The molecule has 2 N–H and O–H groups in total. The van der Waals surface area contributed by atoms with Gasteiger partial charge in [0.15, 0.2) is 11.6 Å². The third-order valence-corrected chi connectivity index (χ3v) is 5.37. The molecule has 1 saturated heterocycles. The van der Waals surface area contributed by atoms with Crippen LogP contribution in [0.2, 0.25) is 0 Å². The van der Waals surface area contributed by atoms with Crippen LogP contribution in [0, 0.1) is 5.82 Å². The van der Waals surface area contributed by atoms with Crippen molar-refractivity contribution in [1.29, 1.82) is 0 Å². The fourth-order valence-electron chi connectivity index (χ4n) is 3.83. The third-order valence-electron chi connectivity index (χ3n) is 5.37. The van der Waals surface area contributed by atoms with Crippen molar-refractivity contribution < 1.29 is 19.3 Å². The van der Waals surface area contributed by atoms with Crippen LogP contribution < -0.4 is 14.5 Å². The summed E-state index contributed by atoms with van der Waals surface area (Å²) in [6.07, 6.45) is 0.759. The van der Waals surface area contributed by atoms with E-state index in [2.05, 4.69) is 11.9 Å². The Morgan fingerprint density at radius 1 is 1.24 bits per heavy atom. The Labute approximate surface area is 146 Å². The van der Waals surface area contributed by atoms with E-state index in [0.717, 1.165) is 31.9 Å². The summed E-state index contributed by atoms with van der Waals surface area (Å²) in [5.74, 6) is 0.121. The van der Waals surface area contributed by atoms with E-state index in [1.807, 2.05) is 16.7 Å². The molecule has 1 unspecified atom stereocenters. The van der Waals surface area contributed by atoms with Gasteiger partial charge in [-0.2, -0.15) is 0 Å². The molecule has 0 aromatic heterocycles. The largest absolute Gasteiger partial charge is 0.487 e. The molecule has 7 heteroatoms. The van der Waals surface area contributed by atoms with Gasteiger partial charge in [-0.05, 0) is 20.0 Å². The fourth-order valence-corrected chi connectivity index (χ4v) is 3.83. The summed E-state index contributed by atoms with van der Waals surface area (Å²) in [6, 6.07) is 1.44. The van der Waals surface area contributed by atoms with E-state index >= 15 is 4.39 Å². The predicted octanol–water partition coefficient (Wildman–Crippen LogP) is 1.09. The third kappa shape index (κ3) is 2.58. The number of hydrogen-bond acceptors (Lipinski definition) is 6. The van der Waals surface area contributed by atoms with Crippen LogP contribution in [0.5, 0.6) is 5.75 Å². The SMILES string of the molecule is C[C@H]1COc2c(N3CCN(C)CC3)c(F)cc3c2N1C=C(CO)C3O. The van der Waals surface area contributed by atoms with Gasteiger partial charge in [-0.15, -0.1) is 0 Å². The first-order valence-corrected chi connectivity index (χ1v) is 8.71. The van der Waals surface area contributed by atoms with Crippen molar-refractivity contribution in [1.82, 2.24) is 4.90 Å². The molecule has 2 atom stereocenters. The Hall–Kier alpha value is -1.83. The van der Waals surface area contributed by atoms with Gasteiger partial charge in [-0.3, -0.25) is 0 Å². The molecule has 1 fully saturated rings. The molecule has 0 spiro atoms. The lowest BCUT2D eigenvalue weighted by molar-refractivity contribution is 0.183. The van der Waals surface area contributed by atoms with E-state index < -0.39 is 6.10 Å². The van der Waals surface area contributed by atoms with E-state index in [1.165, 1.54) is 6.07 Å². The Bertz CT molecular complexity index is 716. The molecule has 25 heavy (non-hydrogen) atoms. The van der Waals surface area contributed by atoms with Crippen LogP contribution in [-0.2, 0) is 0 Å². The molecule has 136 valence electrons. The predicted molar refractivity (Wildman–Crippen MR) is 93.7 cm³/mol. The van der Waals surface area contributed by atoms with Crippen molar-refractivity contribution in [2.45, 2.75) is 19.1 Å². The summed E-state index contributed by atoms with van der Waals surface area (Å²) in [6.45, 7) is 5.38. The average molecular weight is 349 g/mol. The van der Waals surface area contributed by atoms with Crippen molar-refractivity contribution in [3.63, 3.8) is 0 Å². The van der Waals surface area contributed by atoms with Crippen molar-refractivity contribution in [3.05, 3.63) is 29.2 Å². The molecule has 3 heterocycles. The number of ether oxygens (including phenoxy) is 1. The first-order chi connectivity index (χ1) is 12.0. The molecule has 0 radical (unpaired) electrons. The Morgan fingerprint density at radius 3 is 2.64 bits per heavy atom. The van der Waals surface area contributed by atoms with Gasteiger partial charge in [0.25, 0.3) is 0 Å². The van der Waals surface area contributed by atoms with Crippen LogP contribution in [0.1, 0.15) is 18.6 Å². The molecule has 1 aromatic carbocycles. The fraction of sp³-hybridized carbons (Fsp3) is 0.556. The smallest absolute Gasteiger partial charge is 0.169 e. The van der Waals surface area contributed by atoms with Crippen molar-refractivity contribution in [2.75, 3.05) is 56.2 Å². The molecule has 1 aromatic rings. The lowest BCUT2D eigenvalue weighted by atomic mass is 9.93. The van der Waals surface area contributed by atoms with E-state index in [4.69, 9.17) is 4.74 Å². The van der Waals surface area contributed by atoms with Gasteiger partial charge in [-0.1, -0.05) is 0 Å². The second-order valence-corrected chi connectivity index (χ2v) is 7.10. The topological polar surface area (TPSA) is 59.4 Å². The normalized spacial score (nSPS) is 26.2. The number of piperazine rings is 1. The maximum absolute atomic E-state index is 15.0. The summed E-state index contributed by atoms with van der Waals surface area (Å²) in [4.78, 5) is 6.23. The molecule has 3 aliphatic heterocycles. The number of likely N-dealkylation sites (N-methyl/N-ethyl adjacent to an activating group) is 1. The number of nitrogens with zero attached hydrogens (tertiary/aromatic N) is 3. The quantitative estimate of drug-likeness (QED) is 0.834. The van der Waals surface area contributed by atoms with Crippen LogP contribution in [0.15, 0.2) is 17.8 Å². The van der Waals surface area contributed by atoms with E-state index in [-0.39, 0.29) is 18.5 Å². The zero-order valence-electron chi connectivity index (χ0n) is 14.6. The first-order valence-electron chi connectivity index (χ1n) is 8.71. The number of aliphatic hydroxyl groups excluding tert-OH is 2. The zero-order valence-corrected chi connectivity index (χ0v) is 14.6. The number of benzene rings is 1. The number of aliphatic hydroxyl groups is 2. The molecule has 3 aliphatic rings. The van der Waals surface area contributed by atoms with E-state index in [0.29, 0.717) is 29.2 Å². The molecule has 0 bridgehead atoms. The highest BCUT2D eigenvalue weighted by atomic mass is 19.1. The Kier molecular flexibility index (Phi) is 4.10. The summed E-state index contributed by atoms with van der Waals surface area (Å²) in [5, 5.41) is 20.1. The number of halogens is 1. The van der Waals surface area contributed by atoms with Crippen LogP contribution >= 0.6 is 0 Å². The Balaban J connectivity index is 1.84. The molecular weight excluding hydrogens is 325 g/mol. The monoisotopic (exact) mass is 349 g/mol. The van der Waals surface area contributed by atoms with Gasteiger partial charge >= 0.3 is 0 Å². The van der Waals surface area contributed by atoms with Crippen molar-refractivity contribution >= 4 is 11.4 Å². The highest BCUT2D eigenvalue weighted by molar-refractivity contribution is 5.81. The Morgan fingerprint density at radius 2 is 1.96 bits per heavy atom. The number of hydrogen-bond donors (Lipinski definition) is 2. The van der Waals surface area contributed by atoms with Crippen LogP contribution in [0.25, 0.3) is 0 Å². The van der Waals surface area contributed by atoms with E-state index in [9.17, 15) is 10.2 Å². The standard InChI is InChI=1S/C18H24FN3O3/c1-11-10-25-18-15-13(17(24)12(9-23)8-22(11)15)7-14(19)16(18)21-5-3-20(2)4-6-21/h7-8,11,17,23-24H,3-6,9-10H2,1-2H3/t11-,17?/m0/s1. The number of rotatable bonds is 2. The molecule has 4 rings (SSSR count). The summed E-state index contributed by atoms with van der Waals surface area (Å²) < 4.78 is 21.0. The van der Waals surface area contributed by atoms with Crippen molar-refractivity contribution in [2.24, 2.45) is 0 Å². The average Bonchev–Trinajstić information content (AvgIpc) is 2.60. The zero-order chi connectivity index (χ0) is 17.7. The summed E-state index contributed by atoms with van der Waals surface area (Å²) >= 11 is 0. The van der Waals surface area contributed by atoms with Crippen LogP contribution in [-0.4, -0.2) is 67.6 Å². The second kappa shape index (κ2) is 6.16. The minimum atomic E-state index is -1.01. The highest BCUT2D eigenvalue weighted by Crippen LogP contribution is 2.51. The number of anilines is 2. The van der Waals surface area contributed by atoms with Gasteiger partial charge in [-0.25, -0.2) is 4.39 Å². The van der Waals surface area contributed by atoms with Crippen LogP contribution in [0.3, 0.4) is 0 Å². The van der Waals surface area contributed by atoms with Gasteiger partial charge in [0.05, 0.1) is 18.3 Å². The minimum absolute atomic E-state index is 0.0473. The first kappa shape index (κ1) is 16.6. The van der Waals surface area contributed by atoms with Crippen molar-refractivity contribution in [3.8, 4) is 5.75 Å². The van der Waals surface area contributed by atoms with Gasteiger partial charge in [0.1, 0.15) is 18.4 Å². The second-order valence-electron chi connectivity index (χ2n) is 7.10.